The third kappa shape index (κ3) is 2.62. The smallest absolute Gasteiger partial charge is 0.123 e. The summed E-state index contributed by atoms with van der Waals surface area (Å²) >= 11 is 1.74. The highest BCUT2D eigenvalue weighted by Gasteiger charge is 2.23. The second kappa shape index (κ2) is 5.21. The van der Waals surface area contributed by atoms with E-state index in [1.54, 1.807) is 11.3 Å². The molecule has 0 spiro atoms. The van der Waals surface area contributed by atoms with Crippen LogP contribution in [-0.2, 0) is 6.54 Å². The largest absolute Gasteiger partial charge is 0.311 e. The molecule has 1 saturated carbocycles. The number of thiazole rings is 1. The van der Waals surface area contributed by atoms with Gasteiger partial charge in [-0.25, -0.2) is 4.98 Å². The first kappa shape index (κ1) is 11.9. The van der Waals surface area contributed by atoms with Crippen LogP contribution in [0.25, 0.3) is 10.6 Å². The van der Waals surface area contributed by atoms with Crippen molar-refractivity contribution in [3.05, 3.63) is 40.9 Å². The van der Waals surface area contributed by atoms with Crippen LogP contribution >= 0.6 is 11.3 Å². The zero-order valence-electron chi connectivity index (χ0n) is 10.6. The number of nitrogens with zero attached hydrogens (tertiary/aromatic N) is 1. The highest BCUT2D eigenvalue weighted by Crippen LogP contribution is 2.41. The Morgan fingerprint density at radius 3 is 3.06 bits per heavy atom. The maximum absolute atomic E-state index is 4.69. The van der Waals surface area contributed by atoms with Gasteiger partial charge in [0, 0.05) is 17.5 Å². The molecule has 0 bridgehead atoms. The fraction of sp³-hybridized carbons (Fsp3) is 0.400. The van der Waals surface area contributed by atoms with Crippen LogP contribution in [0.5, 0.6) is 0 Å². The Balaban J connectivity index is 1.80. The van der Waals surface area contributed by atoms with E-state index >= 15 is 0 Å². The molecule has 2 aromatic rings. The van der Waals surface area contributed by atoms with Gasteiger partial charge in [-0.3, -0.25) is 0 Å². The first-order chi connectivity index (χ1) is 8.86. The normalized spacial score (nSPS) is 14.9. The summed E-state index contributed by atoms with van der Waals surface area (Å²) < 4.78 is 0. The summed E-state index contributed by atoms with van der Waals surface area (Å²) in [7, 11) is 0. The highest BCUT2D eigenvalue weighted by atomic mass is 32.1. The minimum Gasteiger partial charge on any atom is -0.311 e. The van der Waals surface area contributed by atoms with Gasteiger partial charge in [-0.2, -0.15) is 0 Å². The van der Waals surface area contributed by atoms with Crippen LogP contribution in [0.15, 0.2) is 29.6 Å². The lowest BCUT2D eigenvalue weighted by Crippen LogP contribution is -2.11. The number of rotatable bonds is 5. The molecule has 2 nitrogen and oxygen atoms in total. The zero-order valence-corrected chi connectivity index (χ0v) is 11.5. The number of hydrogen-bond acceptors (Lipinski definition) is 3. The molecule has 1 heterocycles. The van der Waals surface area contributed by atoms with Crippen molar-refractivity contribution in [3.8, 4) is 10.6 Å². The molecule has 1 aliphatic carbocycles. The molecular weight excluding hydrogens is 240 g/mol. The van der Waals surface area contributed by atoms with E-state index < -0.39 is 0 Å². The second-order valence-electron chi connectivity index (χ2n) is 4.82. The topological polar surface area (TPSA) is 24.9 Å². The Bertz CT molecular complexity index is 529. The molecule has 1 fully saturated rings. The van der Waals surface area contributed by atoms with E-state index in [2.05, 4.69) is 41.9 Å². The number of benzene rings is 1. The lowest BCUT2D eigenvalue weighted by atomic mass is 10.1. The predicted octanol–water partition coefficient (Wildman–Crippen LogP) is 3.80. The molecule has 3 rings (SSSR count). The van der Waals surface area contributed by atoms with Gasteiger partial charge >= 0.3 is 0 Å². The van der Waals surface area contributed by atoms with Gasteiger partial charge in [0.2, 0.25) is 0 Å². The lowest BCUT2D eigenvalue weighted by Gasteiger charge is -2.01. The summed E-state index contributed by atoms with van der Waals surface area (Å²) in [4.78, 5) is 4.69. The average Bonchev–Trinajstić information content (AvgIpc) is 3.16. The molecule has 1 aliphatic rings. The van der Waals surface area contributed by atoms with E-state index in [0.717, 1.165) is 29.7 Å². The summed E-state index contributed by atoms with van der Waals surface area (Å²) in [5.74, 6) is 0.811. The molecule has 0 saturated heterocycles. The van der Waals surface area contributed by atoms with Crippen LogP contribution in [0.2, 0.25) is 0 Å². The quantitative estimate of drug-likeness (QED) is 0.882. The average molecular weight is 258 g/mol. The predicted molar refractivity (Wildman–Crippen MR) is 76.9 cm³/mol. The van der Waals surface area contributed by atoms with Crippen LogP contribution in [-0.4, -0.2) is 11.5 Å². The van der Waals surface area contributed by atoms with E-state index in [4.69, 9.17) is 4.98 Å². The molecule has 3 heteroatoms. The van der Waals surface area contributed by atoms with E-state index in [1.807, 2.05) is 0 Å². The van der Waals surface area contributed by atoms with E-state index in [1.165, 1.54) is 24.0 Å². The van der Waals surface area contributed by atoms with Gasteiger partial charge < -0.3 is 5.32 Å². The summed E-state index contributed by atoms with van der Waals surface area (Å²) in [6.45, 7) is 3.98. The number of aromatic nitrogens is 1. The Labute approximate surface area is 112 Å². The Kier molecular flexibility index (Phi) is 3.43. The van der Waals surface area contributed by atoms with Gasteiger partial charge in [-0.05, 0) is 36.9 Å². The molecule has 0 unspecified atom stereocenters. The highest BCUT2D eigenvalue weighted by molar-refractivity contribution is 7.13. The molecule has 0 amide bonds. The van der Waals surface area contributed by atoms with E-state index in [9.17, 15) is 0 Å². The number of hydrogen-bond donors (Lipinski definition) is 1. The monoisotopic (exact) mass is 258 g/mol. The maximum Gasteiger partial charge on any atom is 0.123 e. The minimum atomic E-state index is 0.811. The van der Waals surface area contributed by atoms with Crippen LogP contribution in [0.3, 0.4) is 0 Å². The van der Waals surface area contributed by atoms with Crippen molar-refractivity contribution in [2.45, 2.75) is 32.2 Å². The molecular formula is C15H18N2S. The third-order valence-electron chi connectivity index (χ3n) is 3.29. The molecule has 1 N–H and O–H groups in total. The summed E-state index contributed by atoms with van der Waals surface area (Å²) in [5.41, 5.74) is 3.90. The Morgan fingerprint density at radius 2 is 2.28 bits per heavy atom. The van der Waals surface area contributed by atoms with E-state index in [0.29, 0.717) is 0 Å². The summed E-state index contributed by atoms with van der Waals surface area (Å²) in [5, 5.41) is 6.61. The van der Waals surface area contributed by atoms with Crippen molar-refractivity contribution >= 4 is 11.3 Å². The van der Waals surface area contributed by atoms with Crippen molar-refractivity contribution in [2.24, 2.45) is 0 Å². The molecule has 1 aromatic heterocycles. The fourth-order valence-corrected chi connectivity index (χ4v) is 2.93. The zero-order chi connectivity index (χ0) is 12.4. The van der Waals surface area contributed by atoms with Gasteiger partial charge in [-0.15, -0.1) is 11.3 Å². The molecule has 94 valence electrons. The summed E-state index contributed by atoms with van der Waals surface area (Å²) in [6, 6.07) is 8.89. The van der Waals surface area contributed by atoms with Crippen LogP contribution in [0, 0.1) is 0 Å². The Hall–Kier alpha value is -1.19. The van der Waals surface area contributed by atoms with Crippen molar-refractivity contribution in [3.63, 3.8) is 0 Å². The van der Waals surface area contributed by atoms with Gasteiger partial charge in [0.15, 0.2) is 0 Å². The molecule has 18 heavy (non-hydrogen) atoms. The SMILES string of the molecule is CCNCc1csc(-c2cccc(C3CC3)c2)n1. The standard InChI is InChI=1S/C15H18N2S/c1-2-16-9-14-10-18-15(17-14)13-5-3-4-12(8-13)11-6-7-11/h3-5,8,10-11,16H,2,6-7,9H2,1H3. The Morgan fingerprint density at radius 1 is 1.39 bits per heavy atom. The second-order valence-corrected chi connectivity index (χ2v) is 5.68. The lowest BCUT2D eigenvalue weighted by molar-refractivity contribution is 0.715. The molecule has 0 radical (unpaired) electrons. The van der Waals surface area contributed by atoms with Crippen LogP contribution in [0.4, 0.5) is 0 Å². The van der Waals surface area contributed by atoms with Gasteiger partial charge in [0.25, 0.3) is 0 Å². The molecule has 1 aromatic carbocycles. The van der Waals surface area contributed by atoms with E-state index in [-0.39, 0.29) is 0 Å². The fourth-order valence-electron chi connectivity index (χ4n) is 2.12. The maximum atomic E-state index is 4.69. The van der Waals surface area contributed by atoms with Crippen molar-refractivity contribution in [1.29, 1.82) is 0 Å². The molecule has 0 atom stereocenters. The first-order valence-corrected chi connectivity index (χ1v) is 7.50. The summed E-state index contributed by atoms with van der Waals surface area (Å²) in [6.07, 6.45) is 2.71. The third-order valence-corrected chi connectivity index (χ3v) is 4.23. The minimum absolute atomic E-state index is 0.811. The van der Waals surface area contributed by atoms with Gasteiger partial charge in [0.1, 0.15) is 5.01 Å². The van der Waals surface area contributed by atoms with Crippen LogP contribution < -0.4 is 5.32 Å². The van der Waals surface area contributed by atoms with Crippen molar-refractivity contribution in [2.75, 3.05) is 6.54 Å². The van der Waals surface area contributed by atoms with Gasteiger partial charge in [0.05, 0.1) is 5.69 Å². The van der Waals surface area contributed by atoms with Crippen molar-refractivity contribution in [1.82, 2.24) is 10.3 Å². The van der Waals surface area contributed by atoms with Crippen molar-refractivity contribution < 1.29 is 0 Å². The van der Waals surface area contributed by atoms with Crippen LogP contribution in [0.1, 0.15) is 36.9 Å². The van der Waals surface area contributed by atoms with Gasteiger partial charge in [-0.1, -0.05) is 25.1 Å². The number of nitrogens with one attached hydrogen (secondary N) is 1. The first-order valence-electron chi connectivity index (χ1n) is 6.62. The molecule has 0 aliphatic heterocycles.